The van der Waals surface area contributed by atoms with Gasteiger partial charge in [-0.1, -0.05) is 42.5 Å². The molecule has 3 aliphatic heterocycles. The van der Waals surface area contributed by atoms with Crippen molar-refractivity contribution >= 4 is 21.7 Å². The Labute approximate surface area is 238 Å². The molecule has 0 bridgehead atoms. The van der Waals surface area contributed by atoms with Crippen molar-refractivity contribution in [2.75, 3.05) is 59.2 Å². The molecule has 2 amide bonds. The molecule has 1 spiro atoms. The molecule has 3 saturated heterocycles. The van der Waals surface area contributed by atoms with Crippen LogP contribution >= 0.6 is 0 Å². The van der Waals surface area contributed by atoms with E-state index in [0.29, 0.717) is 36.3 Å². The molecule has 9 heteroatoms. The van der Waals surface area contributed by atoms with Crippen LogP contribution in [-0.2, 0) is 30.7 Å². The lowest BCUT2D eigenvalue weighted by Crippen LogP contribution is -2.46. The zero-order valence-electron chi connectivity index (χ0n) is 23.6. The standard InChI is InChI=1S/C31H41N3O5S/c1-39-19-12-29(35)34-22-26(28(23-34)25-6-4-3-5-7-25)21-32-16-13-31(14-17-32)15-18-33(30(31)36)20-24-8-10-27(11-9-24)40(2,37)38/h3-11,26,28H,12-23H2,1-2H3. The molecule has 40 heavy (non-hydrogen) atoms. The maximum atomic E-state index is 13.6. The Morgan fingerprint density at radius 1 is 0.975 bits per heavy atom. The van der Waals surface area contributed by atoms with E-state index in [-0.39, 0.29) is 17.2 Å². The number of ether oxygens (including phenoxy) is 1. The highest BCUT2D eigenvalue weighted by Crippen LogP contribution is 2.43. The molecule has 0 saturated carbocycles. The van der Waals surface area contributed by atoms with E-state index >= 15 is 0 Å². The molecule has 0 aromatic heterocycles. The van der Waals surface area contributed by atoms with Gasteiger partial charge >= 0.3 is 0 Å². The summed E-state index contributed by atoms with van der Waals surface area (Å²) >= 11 is 0. The summed E-state index contributed by atoms with van der Waals surface area (Å²) in [7, 11) is -1.61. The number of carbonyl (C=O) groups is 2. The summed E-state index contributed by atoms with van der Waals surface area (Å²) in [6.45, 7) is 5.90. The van der Waals surface area contributed by atoms with Gasteiger partial charge in [-0.3, -0.25) is 9.59 Å². The molecule has 3 aliphatic rings. The van der Waals surface area contributed by atoms with Gasteiger partial charge in [-0.2, -0.15) is 0 Å². The molecule has 216 valence electrons. The summed E-state index contributed by atoms with van der Waals surface area (Å²) < 4.78 is 28.7. The Balaban J connectivity index is 1.18. The Morgan fingerprint density at radius 2 is 1.65 bits per heavy atom. The van der Waals surface area contributed by atoms with Crippen molar-refractivity contribution in [3.8, 4) is 0 Å². The fourth-order valence-electron chi connectivity index (χ4n) is 6.75. The van der Waals surface area contributed by atoms with Gasteiger partial charge in [0.2, 0.25) is 11.8 Å². The predicted octanol–water partition coefficient (Wildman–Crippen LogP) is 3.18. The molecule has 2 atom stereocenters. The number of methoxy groups -OCH3 is 1. The summed E-state index contributed by atoms with van der Waals surface area (Å²) in [5.41, 5.74) is 1.95. The Morgan fingerprint density at radius 3 is 2.30 bits per heavy atom. The van der Waals surface area contributed by atoms with E-state index in [2.05, 4.69) is 29.2 Å². The number of sulfone groups is 1. The highest BCUT2D eigenvalue weighted by Gasteiger charge is 2.48. The van der Waals surface area contributed by atoms with Gasteiger partial charge in [0.15, 0.2) is 9.84 Å². The zero-order chi connectivity index (χ0) is 28.3. The molecular formula is C31H41N3O5S. The third kappa shape index (κ3) is 6.26. The van der Waals surface area contributed by atoms with Crippen molar-refractivity contribution in [2.24, 2.45) is 11.3 Å². The number of rotatable bonds is 9. The highest BCUT2D eigenvalue weighted by atomic mass is 32.2. The largest absolute Gasteiger partial charge is 0.384 e. The SMILES string of the molecule is COCCC(=O)N1CC(CN2CCC3(CC2)CCN(Cc2ccc(S(C)(=O)=O)cc2)C3=O)C(c2ccccc2)C1. The maximum absolute atomic E-state index is 13.6. The lowest BCUT2D eigenvalue weighted by atomic mass is 9.76. The first kappa shape index (κ1) is 28.8. The first-order valence-corrected chi connectivity index (χ1v) is 16.2. The van der Waals surface area contributed by atoms with Crippen molar-refractivity contribution in [3.63, 3.8) is 0 Å². The molecule has 8 nitrogen and oxygen atoms in total. The lowest BCUT2D eigenvalue weighted by molar-refractivity contribution is -0.139. The third-order valence-electron chi connectivity index (χ3n) is 9.17. The topological polar surface area (TPSA) is 87.2 Å². The summed E-state index contributed by atoms with van der Waals surface area (Å²) in [6, 6.07) is 17.4. The van der Waals surface area contributed by atoms with Crippen LogP contribution in [0.2, 0.25) is 0 Å². The molecule has 0 radical (unpaired) electrons. The molecule has 0 aliphatic carbocycles. The molecule has 2 aromatic carbocycles. The number of piperidine rings is 1. The molecule has 2 unspecified atom stereocenters. The molecular weight excluding hydrogens is 526 g/mol. The van der Waals surface area contributed by atoms with Gasteiger partial charge in [-0.15, -0.1) is 0 Å². The van der Waals surface area contributed by atoms with Crippen LogP contribution in [0.5, 0.6) is 0 Å². The van der Waals surface area contributed by atoms with Crippen LogP contribution in [0.3, 0.4) is 0 Å². The Kier molecular flexibility index (Phi) is 8.63. The van der Waals surface area contributed by atoms with E-state index < -0.39 is 9.84 Å². The normalized spacial score (nSPS) is 23.3. The summed E-state index contributed by atoms with van der Waals surface area (Å²) in [4.78, 5) is 33.1. The molecule has 5 rings (SSSR count). The summed E-state index contributed by atoms with van der Waals surface area (Å²) in [5.74, 6) is 1.05. The van der Waals surface area contributed by atoms with Gasteiger partial charge in [0.05, 0.1) is 23.3 Å². The molecule has 2 aromatic rings. The van der Waals surface area contributed by atoms with E-state index in [1.807, 2.05) is 28.0 Å². The van der Waals surface area contributed by atoms with Crippen molar-refractivity contribution in [3.05, 3.63) is 65.7 Å². The smallest absolute Gasteiger partial charge is 0.229 e. The number of amides is 2. The first-order chi connectivity index (χ1) is 19.2. The fourth-order valence-corrected chi connectivity index (χ4v) is 7.38. The van der Waals surface area contributed by atoms with Gasteiger partial charge in [0.25, 0.3) is 0 Å². The average Bonchev–Trinajstić information content (AvgIpc) is 3.50. The minimum Gasteiger partial charge on any atom is -0.384 e. The predicted molar refractivity (Wildman–Crippen MR) is 153 cm³/mol. The van der Waals surface area contributed by atoms with Gasteiger partial charge in [-0.05, 0) is 61.5 Å². The second-order valence-corrected chi connectivity index (χ2v) is 13.8. The van der Waals surface area contributed by atoms with Gasteiger partial charge in [-0.25, -0.2) is 8.42 Å². The van der Waals surface area contributed by atoms with Crippen LogP contribution in [0.25, 0.3) is 0 Å². The monoisotopic (exact) mass is 567 g/mol. The average molecular weight is 568 g/mol. The summed E-state index contributed by atoms with van der Waals surface area (Å²) in [5, 5.41) is 0. The lowest BCUT2D eigenvalue weighted by Gasteiger charge is -2.39. The Bertz CT molecular complexity index is 1290. The Hall–Kier alpha value is -2.75. The van der Waals surface area contributed by atoms with E-state index in [4.69, 9.17) is 4.74 Å². The fraction of sp³-hybridized carbons (Fsp3) is 0.548. The van der Waals surface area contributed by atoms with E-state index in [9.17, 15) is 18.0 Å². The number of likely N-dealkylation sites (tertiary alicyclic amines) is 3. The van der Waals surface area contributed by atoms with Crippen molar-refractivity contribution in [1.29, 1.82) is 0 Å². The number of benzene rings is 2. The number of carbonyl (C=O) groups excluding carboxylic acids is 2. The van der Waals surface area contributed by atoms with Crippen LogP contribution in [0, 0.1) is 11.3 Å². The minimum atomic E-state index is -3.23. The van der Waals surface area contributed by atoms with E-state index in [0.717, 1.165) is 64.1 Å². The quantitative estimate of drug-likeness (QED) is 0.463. The minimum absolute atomic E-state index is 0.158. The van der Waals surface area contributed by atoms with Gasteiger partial charge in [0.1, 0.15) is 0 Å². The number of nitrogens with zero attached hydrogens (tertiary/aromatic N) is 3. The van der Waals surface area contributed by atoms with Crippen LogP contribution in [0.15, 0.2) is 59.5 Å². The zero-order valence-corrected chi connectivity index (χ0v) is 24.4. The second-order valence-electron chi connectivity index (χ2n) is 11.8. The van der Waals surface area contributed by atoms with Gasteiger partial charge < -0.3 is 19.4 Å². The van der Waals surface area contributed by atoms with Crippen LogP contribution in [-0.4, -0.2) is 94.2 Å². The van der Waals surface area contributed by atoms with Crippen LogP contribution in [0.1, 0.15) is 42.7 Å². The third-order valence-corrected chi connectivity index (χ3v) is 10.3. The van der Waals surface area contributed by atoms with E-state index in [1.54, 1.807) is 19.2 Å². The number of hydrogen-bond donors (Lipinski definition) is 0. The van der Waals surface area contributed by atoms with Gasteiger partial charge in [0, 0.05) is 52.0 Å². The highest BCUT2D eigenvalue weighted by molar-refractivity contribution is 7.90. The first-order valence-electron chi connectivity index (χ1n) is 14.3. The van der Waals surface area contributed by atoms with Crippen LogP contribution in [0.4, 0.5) is 0 Å². The maximum Gasteiger partial charge on any atom is 0.229 e. The number of hydrogen-bond acceptors (Lipinski definition) is 6. The van der Waals surface area contributed by atoms with Crippen molar-refractivity contribution < 1.29 is 22.7 Å². The molecule has 3 heterocycles. The molecule has 3 fully saturated rings. The second kappa shape index (κ2) is 12.0. The van der Waals surface area contributed by atoms with E-state index in [1.165, 1.54) is 11.8 Å². The van der Waals surface area contributed by atoms with Crippen molar-refractivity contribution in [2.45, 2.75) is 43.0 Å². The summed E-state index contributed by atoms with van der Waals surface area (Å²) in [6.07, 6.45) is 4.20. The van der Waals surface area contributed by atoms with Crippen molar-refractivity contribution in [1.82, 2.24) is 14.7 Å². The molecule has 0 N–H and O–H groups in total. The van der Waals surface area contributed by atoms with Crippen LogP contribution < -0.4 is 0 Å².